The van der Waals surface area contributed by atoms with Crippen molar-refractivity contribution in [1.29, 1.82) is 0 Å². The van der Waals surface area contributed by atoms with Crippen LogP contribution in [0.2, 0.25) is 0 Å². The number of carbonyl (C=O) groups is 3. The Morgan fingerprint density at radius 1 is 1.04 bits per heavy atom. The number of hydrogen-bond donors (Lipinski definition) is 0. The second-order valence-corrected chi connectivity index (χ2v) is 9.19. The van der Waals surface area contributed by atoms with Gasteiger partial charge in [0.05, 0.1) is 12.0 Å². The van der Waals surface area contributed by atoms with Gasteiger partial charge in [0.15, 0.2) is 0 Å². The van der Waals surface area contributed by atoms with E-state index in [4.69, 9.17) is 4.74 Å². The Kier molecular flexibility index (Phi) is 6.17. The molecule has 0 aromatic carbocycles. The molecule has 0 bridgehead atoms. The van der Waals surface area contributed by atoms with E-state index < -0.39 is 11.8 Å². The molecule has 2 amide bonds. The number of likely N-dealkylation sites (tertiary alicyclic amines) is 1. The Balaban J connectivity index is 1.86. The summed E-state index contributed by atoms with van der Waals surface area (Å²) in [7, 11) is 0. The molecule has 24 heavy (non-hydrogen) atoms. The van der Waals surface area contributed by atoms with E-state index in [1.54, 1.807) is 9.80 Å². The van der Waals surface area contributed by atoms with E-state index in [9.17, 15) is 14.4 Å². The lowest BCUT2D eigenvalue weighted by Crippen LogP contribution is -2.53. The second kappa shape index (κ2) is 7.76. The van der Waals surface area contributed by atoms with E-state index in [1.807, 2.05) is 25.6 Å². The normalized spacial score (nSPS) is 21.7. The first-order valence-electron chi connectivity index (χ1n) is 8.62. The van der Waals surface area contributed by atoms with Crippen molar-refractivity contribution in [3.8, 4) is 0 Å². The van der Waals surface area contributed by atoms with Crippen molar-refractivity contribution in [2.45, 2.75) is 51.4 Å². The molecule has 0 spiro atoms. The zero-order chi connectivity index (χ0) is 17.9. The lowest BCUT2D eigenvalue weighted by atomic mass is 9.97. The van der Waals surface area contributed by atoms with Crippen molar-refractivity contribution in [1.82, 2.24) is 9.80 Å². The van der Waals surface area contributed by atoms with Gasteiger partial charge in [0.25, 0.3) is 0 Å². The topological polar surface area (TPSA) is 66.9 Å². The molecule has 0 saturated carbocycles. The lowest BCUT2D eigenvalue weighted by molar-refractivity contribution is -0.157. The predicted molar refractivity (Wildman–Crippen MR) is 93.6 cm³/mol. The highest BCUT2D eigenvalue weighted by atomic mass is 32.2. The van der Waals surface area contributed by atoms with Gasteiger partial charge in [0.2, 0.25) is 0 Å². The van der Waals surface area contributed by atoms with Crippen LogP contribution in [0.15, 0.2) is 0 Å². The van der Waals surface area contributed by atoms with Gasteiger partial charge in [0.1, 0.15) is 0 Å². The molecule has 0 radical (unpaired) electrons. The molecule has 136 valence electrons. The largest absolute Gasteiger partial charge is 0.463 e. The third-order valence-corrected chi connectivity index (χ3v) is 5.66. The van der Waals surface area contributed by atoms with Gasteiger partial charge in [-0.2, -0.15) is 11.8 Å². The molecule has 0 aliphatic carbocycles. The molecule has 0 unspecified atom stereocenters. The number of hydrogen-bond acceptors (Lipinski definition) is 5. The lowest BCUT2D eigenvalue weighted by Gasteiger charge is -2.38. The molecule has 2 rings (SSSR count). The van der Waals surface area contributed by atoms with Gasteiger partial charge < -0.3 is 14.5 Å². The van der Waals surface area contributed by atoms with Crippen LogP contribution in [0.1, 0.15) is 40.5 Å². The molecule has 2 heterocycles. The van der Waals surface area contributed by atoms with Crippen molar-refractivity contribution in [3.05, 3.63) is 0 Å². The number of ether oxygens (including phenoxy) is 1. The van der Waals surface area contributed by atoms with Crippen LogP contribution in [0, 0.1) is 5.92 Å². The number of amides is 2. The third-order valence-electron chi connectivity index (χ3n) is 4.36. The number of carbonyl (C=O) groups excluding carboxylic acids is 3. The summed E-state index contributed by atoms with van der Waals surface area (Å²) in [6.45, 7) is 9.93. The van der Waals surface area contributed by atoms with Gasteiger partial charge in [-0.15, -0.1) is 0 Å². The summed E-state index contributed by atoms with van der Waals surface area (Å²) in [5.74, 6) is -0.357. The summed E-state index contributed by atoms with van der Waals surface area (Å²) in [5.41, 5.74) is 0. The van der Waals surface area contributed by atoms with Crippen LogP contribution in [-0.4, -0.2) is 70.4 Å². The smallest absolute Gasteiger partial charge is 0.312 e. The molecular formula is C17H28N2O4S. The summed E-state index contributed by atoms with van der Waals surface area (Å²) >= 11 is 1.83. The van der Waals surface area contributed by atoms with Crippen molar-refractivity contribution in [2.75, 3.05) is 31.9 Å². The van der Waals surface area contributed by atoms with Crippen LogP contribution in [0.5, 0.6) is 0 Å². The van der Waals surface area contributed by atoms with E-state index in [1.165, 1.54) is 0 Å². The van der Waals surface area contributed by atoms with Gasteiger partial charge in [-0.3, -0.25) is 14.4 Å². The summed E-state index contributed by atoms with van der Waals surface area (Å²) in [6, 6.07) is 0. The Hall–Kier alpha value is -1.24. The molecule has 6 nitrogen and oxygen atoms in total. The molecule has 7 heteroatoms. The van der Waals surface area contributed by atoms with Crippen LogP contribution in [0.4, 0.5) is 0 Å². The van der Waals surface area contributed by atoms with Gasteiger partial charge in [-0.25, -0.2) is 0 Å². The fourth-order valence-corrected chi connectivity index (χ4v) is 4.22. The highest BCUT2D eigenvalue weighted by Gasteiger charge is 2.36. The monoisotopic (exact) mass is 356 g/mol. The maximum Gasteiger partial charge on any atom is 0.312 e. The number of esters is 1. The summed E-state index contributed by atoms with van der Waals surface area (Å²) < 4.78 is 5.22. The van der Waals surface area contributed by atoms with Crippen LogP contribution in [-0.2, 0) is 19.1 Å². The number of rotatable bonds is 2. The maximum atomic E-state index is 12.5. The van der Waals surface area contributed by atoms with Crippen LogP contribution < -0.4 is 0 Å². The molecule has 2 aliphatic rings. The van der Waals surface area contributed by atoms with E-state index in [0.717, 1.165) is 5.75 Å². The van der Waals surface area contributed by atoms with Crippen LogP contribution in [0.3, 0.4) is 0 Å². The minimum absolute atomic E-state index is 0.0121. The first-order valence-corrected chi connectivity index (χ1v) is 9.61. The maximum absolute atomic E-state index is 12.5. The summed E-state index contributed by atoms with van der Waals surface area (Å²) in [4.78, 5) is 40.1. The predicted octanol–water partition coefficient (Wildman–Crippen LogP) is 1.53. The number of nitrogens with zero attached hydrogens (tertiary/aromatic N) is 2. The molecule has 2 fully saturated rings. The van der Waals surface area contributed by atoms with Crippen LogP contribution in [0.25, 0.3) is 0 Å². The fourth-order valence-electron chi connectivity index (χ4n) is 3.11. The quantitative estimate of drug-likeness (QED) is 0.554. The third kappa shape index (κ3) is 4.88. The van der Waals surface area contributed by atoms with Crippen molar-refractivity contribution < 1.29 is 19.1 Å². The number of piperidine rings is 1. The van der Waals surface area contributed by atoms with Gasteiger partial charge >= 0.3 is 17.8 Å². The zero-order valence-electron chi connectivity index (χ0n) is 15.0. The first-order chi connectivity index (χ1) is 11.2. The average molecular weight is 356 g/mol. The minimum atomic E-state index is -0.437. The van der Waals surface area contributed by atoms with E-state index in [-0.39, 0.29) is 22.7 Å². The highest BCUT2D eigenvalue weighted by Crippen LogP contribution is 2.29. The molecule has 0 N–H and O–H groups in total. The molecule has 2 aliphatic heterocycles. The van der Waals surface area contributed by atoms with Crippen molar-refractivity contribution in [3.63, 3.8) is 0 Å². The highest BCUT2D eigenvalue weighted by molar-refractivity contribution is 8.00. The second-order valence-electron chi connectivity index (χ2n) is 7.39. The van der Waals surface area contributed by atoms with Crippen molar-refractivity contribution in [2.24, 2.45) is 5.92 Å². The Labute approximate surface area is 148 Å². The van der Waals surface area contributed by atoms with Gasteiger partial charge in [-0.05, 0) is 40.5 Å². The van der Waals surface area contributed by atoms with E-state index in [2.05, 4.69) is 13.8 Å². The Bertz CT molecular complexity index is 499. The molecule has 2 saturated heterocycles. The SMILES string of the molecule is CC(C)OC(=O)C1CCN(C(=O)C(=O)N2CCSC(C)(C)C2)CC1. The van der Waals surface area contributed by atoms with Gasteiger partial charge in [0, 0.05) is 36.7 Å². The van der Waals surface area contributed by atoms with Crippen LogP contribution >= 0.6 is 11.8 Å². The summed E-state index contributed by atoms with van der Waals surface area (Å²) in [6.07, 6.45) is 0.997. The summed E-state index contributed by atoms with van der Waals surface area (Å²) in [5, 5.41) is 0. The van der Waals surface area contributed by atoms with Crippen molar-refractivity contribution >= 4 is 29.5 Å². The zero-order valence-corrected chi connectivity index (χ0v) is 15.9. The van der Waals surface area contributed by atoms with E-state index >= 15 is 0 Å². The Morgan fingerprint density at radius 3 is 2.17 bits per heavy atom. The fraction of sp³-hybridized carbons (Fsp3) is 0.824. The molecular weight excluding hydrogens is 328 g/mol. The molecule has 0 atom stereocenters. The first kappa shape index (κ1) is 19.1. The average Bonchev–Trinajstić information content (AvgIpc) is 2.52. The Morgan fingerprint density at radius 2 is 1.62 bits per heavy atom. The number of thioether (sulfide) groups is 1. The van der Waals surface area contributed by atoms with E-state index in [0.29, 0.717) is 39.0 Å². The molecule has 0 aromatic rings. The standard InChI is InChI=1S/C17H28N2O4S/c1-12(2)23-16(22)13-5-7-18(8-6-13)14(20)15(21)19-9-10-24-17(3,4)11-19/h12-13H,5-11H2,1-4H3. The molecule has 0 aromatic heterocycles. The van der Waals surface area contributed by atoms with Gasteiger partial charge in [-0.1, -0.05) is 0 Å². The minimum Gasteiger partial charge on any atom is -0.463 e.